The van der Waals surface area contributed by atoms with E-state index in [4.69, 9.17) is 4.74 Å². The maximum absolute atomic E-state index is 12.4. The molecule has 0 spiro atoms. The number of rotatable bonds is 1. The van der Waals surface area contributed by atoms with Gasteiger partial charge in [0.25, 0.3) is 5.91 Å². The molecular weight excluding hydrogens is 214 g/mol. The topological polar surface area (TPSA) is 29.5 Å². The molecule has 0 unspecified atom stereocenters. The monoisotopic (exact) mass is 233 g/mol. The van der Waals surface area contributed by atoms with E-state index in [1.54, 1.807) is 0 Å². The van der Waals surface area contributed by atoms with Crippen LogP contribution in [0.25, 0.3) is 0 Å². The fraction of sp³-hybridized carbons (Fsp3) is 0.500. The third-order valence-electron chi connectivity index (χ3n) is 2.99. The van der Waals surface area contributed by atoms with E-state index in [2.05, 4.69) is 0 Å². The lowest BCUT2D eigenvalue weighted by Crippen LogP contribution is -2.54. The number of ether oxygens (including phenoxy) is 1. The molecule has 2 rings (SSSR count). The molecule has 0 atom stereocenters. The predicted octanol–water partition coefficient (Wildman–Crippen LogP) is 2.91. The van der Waals surface area contributed by atoms with Crippen LogP contribution in [0.1, 0.15) is 33.3 Å². The van der Waals surface area contributed by atoms with E-state index in [9.17, 15) is 4.79 Å². The van der Waals surface area contributed by atoms with Crippen LogP contribution in [0.15, 0.2) is 18.2 Å². The molecule has 0 saturated heterocycles. The summed E-state index contributed by atoms with van der Waals surface area (Å²) in [4.78, 5) is 14.2. The molecule has 1 aliphatic rings. The fourth-order valence-electron chi connectivity index (χ4n) is 2.13. The van der Waals surface area contributed by atoms with Crippen LogP contribution in [-0.2, 0) is 4.79 Å². The fourth-order valence-corrected chi connectivity index (χ4v) is 2.13. The Bertz CT molecular complexity index is 463. The molecule has 17 heavy (non-hydrogen) atoms. The molecule has 0 fully saturated rings. The Morgan fingerprint density at radius 2 is 1.94 bits per heavy atom. The highest BCUT2D eigenvalue weighted by Gasteiger charge is 2.41. The molecule has 1 aliphatic heterocycles. The number of anilines is 1. The first-order valence-electron chi connectivity index (χ1n) is 5.96. The van der Waals surface area contributed by atoms with Gasteiger partial charge in [0.1, 0.15) is 5.75 Å². The van der Waals surface area contributed by atoms with Crippen LogP contribution in [0.3, 0.4) is 0 Å². The van der Waals surface area contributed by atoms with Gasteiger partial charge < -0.3 is 9.64 Å². The lowest BCUT2D eigenvalue weighted by Gasteiger charge is -2.40. The van der Waals surface area contributed by atoms with Crippen molar-refractivity contribution in [1.29, 1.82) is 0 Å². The highest BCUT2D eigenvalue weighted by atomic mass is 16.5. The van der Waals surface area contributed by atoms with Crippen LogP contribution in [0.5, 0.6) is 5.75 Å². The molecule has 3 heteroatoms. The van der Waals surface area contributed by atoms with Crippen molar-refractivity contribution >= 4 is 11.6 Å². The molecule has 1 amide bonds. The maximum Gasteiger partial charge on any atom is 0.270 e. The average molecular weight is 233 g/mol. The Kier molecular flexibility index (Phi) is 2.64. The first-order chi connectivity index (χ1) is 7.83. The van der Waals surface area contributed by atoms with Gasteiger partial charge in [-0.05, 0) is 52.3 Å². The van der Waals surface area contributed by atoms with Gasteiger partial charge in [-0.25, -0.2) is 0 Å². The van der Waals surface area contributed by atoms with E-state index >= 15 is 0 Å². The molecule has 0 aromatic heterocycles. The zero-order chi connectivity index (χ0) is 12.8. The summed E-state index contributed by atoms with van der Waals surface area (Å²) >= 11 is 0. The Hall–Kier alpha value is -1.51. The second-order valence-corrected chi connectivity index (χ2v) is 5.35. The molecule has 0 bridgehead atoms. The van der Waals surface area contributed by atoms with Crippen molar-refractivity contribution in [3.8, 4) is 5.75 Å². The van der Waals surface area contributed by atoms with Crippen molar-refractivity contribution in [3.63, 3.8) is 0 Å². The summed E-state index contributed by atoms with van der Waals surface area (Å²) in [6, 6.07) is 6.08. The Morgan fingerprint density at radius 3 is 2.53 bits per heavy atom. The molecule has 3 nitrogen and oxygen atoms in total. The van der Waals surface area contributed by atoms with Gasteiger partial charge in [0.05, 0.1) is 5.69 Å². The Balaban J connectivity index is 2.59. The minimum atomic E-state index is -0.785. The van der Waals surface area contributed by atoms with Crippen molar-refractivity contribution in [2.24, 2.45) is 0 Å². The molecule has 92 valence electrons. The van der Waals surface area contributed by atoms with Gasteiger partial charge in [-0.1, -0.05) is 6.07 Å². The minimum Gasteiger partial charge on any atom is -0.476 e. The first-order valence-corrected chi connectivity index (χ1v) is 5.96. The number of benzene rings is 1. The number of fused-ring (bicyclic) bond motifs is 1. The lowest BCUT2D eigenvalue weighted by molar-refractivity contribution is -0.133. The number of aryl methyl sites for hydroxylation is 1. The molecule has 0 aliphatic carbocycles. The van der Waals surface area contributed by atoms with E-state index in [0.29, 0.717) is 0 Å². The van der Waals surface area contributed by atoms with Gasteiger partial charge in [-0.2, -0.15) is 0 Å². The largest absolute Gasteiger partial charge is 0.476 e. The highest BCUT2D eigenvalue weighted by molar-refractivity contribution is 6.02. The van der Waals surface area contributed by atoms with Gasteiger partial charge in [0.2, 0.25) is 0 Å². The zero-order valence-electron chi connectivity index (χ0n) is 11.1. The summed E-state index contributed by atoms with van der Waals surface area (Å²) in [5.74, 6) is 0.805. The maximum atomic E-state index is 12.4. The normalized spacial score (nSPS) is 18.0. The van der Waals surface area contributed by atoms with Crippen molar-refractivity contribution in [2.45, 2.75) is 46.3 Å². The summed E-state index contributed by atoms with van der Waals surface area (Å²) in [5, 5.41) is 0. The molecular formula is C14H19NO2. The second kappa shape index (κ2) is 3.76. The third kappa shape index (κ3) is 1.90. The highest BCUT2D eigenvalue weighted by Crippen LogP contribution is 2.39. The van der Waals surface area contributed by atoms with E-state index in [0.717, 1.165) is 17.0 Å². The Morgan fingerprint density at radius 1 is 1.29 bits per heavy atom. The summed E-state index contributed by atoms with van der Waals surface area (Å²) in [5.41, 5.74) is 1.22. The smallest absolute Gasteiger partial charge is 0.270 e. The Labute approximate surface area is 102 Å². The number of carbonyl (C=O) groups is 1. The van der Waals surface area contributed by atoms with Crippen LogP contribution >= 0.6 is 0 Å². The number of hydrogen-bond acceptors (Lipinski definition) is 2. The van der Waals surface area contributed by atoms with Gasteiger partial charge in [0, 0.05) is 6.04 Å². The lowest BCUT2D eigenvalue weighted by atomic mass is 10.0. The number of nitrogens with zero attached hydrogens (tertiary/aromatic N) is 1. The molecule has 1 heterocycles. The summed E-state index contributed by atoms with van der Waals surface area (Å²) in [6.45, 7) is 9.68. The van der Waals surface area contributed by atoms with E-state index in [1.165, 1.54) is 0 Å². The van der Waals surface area contributed by atoms with Crippen LogP contribution in [0.2, 0.25) is 0 Å². The standard InChI is InChI=1S/C14H19NO2/c1-9(2)15-11-8-10(3)6-7-12(11)17-14(4,5)13(15)16/h6-9H,1-5H3. The number of carbonyl (C=O) groups excluding carboxylic acids is 1. The van der Waals surface area contributed by atoms with Crippen LogP contribution < -0.4 is 9.64 Å². The minimum absolute atomic E-state index is 0.0191. The quantitative estimate of drug-likeness (QED) is 0.746. The molecule has 1 aromatic carbocycles. The van der Waals surface area contributed by atoms with E-state index in [1.807, 2.05) is 57.7 Å². The third-order valence-corrected chi connectivity index (χ3v) is 2.99. The van der Waals surface area contributed by atoms with Crippen LogP contribution in [0.4, 0.5) is 5.69 Å². The van der Waals surface area contributed by atoms with E-state index in [-0.39, 0.29) is 11.9 Å². The summed E-state index contributed by atoms with van der Waals surface area (Å²) in [7, 11) is 0. The van der Waals surface area contributed by atoms with Crippen molar-refractivity contribution in [1.82, 2.24) is 0 Å². The van der Waals surface area contributed by atoms with Crippen molar-refractivity contribution in [3.05, 3.63) is 23.8 Å². The molecule has 0 radical (unpaired) electrons. The van der Waals surface area contributed by atoms with Crippen LogP contribution in [-0.4, -0.2) is 17.6 Å². The SMILES string of the molecule is Cc1ccc2c(c1)N(C(C)C)C(=O)C(C)(C)O2. The molecule has 1 aromatic rings. The van der Waals surface area contributed by atoms with Crippen molar-refractivity contribution in [2.75, 3.05) is 4.90 Å². The average Bonchev–Trinajstić information content (AvgIpc) is 2.20. The number of amides is 1. The second-order valence-electron chi connectivity index (χ2n) is 5.35. The zero-order valence-corrected chi connectivity index (χ0v) is 11.1. The van der Waals surface area contributed by atoms with Gasteiger partial charge >= 0.3 is 0 Å². The molecule has 0 N–H and O–H groups in total. The van der Waals surface area contributed by atoms with Gasteiger partial charge in [-0.3, -0.25) is 4.79 Å². The summed E-state index contributed by atoms with van der Waals surface area (Å²) < 4.78 is 5.78. The van der Waals surface area contributed by atoms with Gasteiger partial charge in [-0.15, -0.1) is 0 Å². The molecule has 0 saturated carbocycles. The summed E-state index contributed by atoms with van der Waals surface area (Å²) in [6.07, 6.45) is 0. The van der Waals surface area contributed by atoms with E-state index < -0.39 is 5.60 Å². The van der Waals surface area contributed by atoms with Gasteiger partial charge in [0.15, 0.2) is 5.60 Å². The van der Waals surface area contributed by atoms with Crippen molar-refractivity contribution < 1.29 is 9.53 Å². The van der Waals surface area contributed by atoms with Crippen LogP contribution in [0, 0.1) is 6.92 Å². The number of hydrogen-bond donors (Lipinski definition) is 0. The predicted molar refractivity (Wildman–Crippen MR) is 68.5 cm³/mol. The first kappa shape index (κ1) is 12.0.